The molecule has 8 heteroatoms. The van der Waals surface area contributed by atoms with Gasteiger partial charge in [-0.05, 0) is 32.0 Å². The van der Waals surface area contributed by atoms with E-state index in [0.717, 1.165) is 0 Å². The van der Waals surface area contributed by atoms with E-state index in [0.29, 0.717) is 9.87 Å². The zero-order valence-electron chi connectivity index (χ0n) is 10.2. The number of amides is 1. The molecule has 0 aromatic heterocycles. The third kappa shape index (κ3) is 1.84. The molecule has 0 spiro atoms. The van der Waals surface area contributed by atoms with Crippen LogP contribution in [-0.2, 0) is 14.8 Å². The van der Waals surface area contributed by atoms with E-state index in [4.69, 9.17) is 29.6 Å². The summed E-state index contributed by atoms with van der Waals surface area (Å²) in [5, 5.41) is 0.109. The predicted molar refractivity (Wildman–Crippen MR) is 77.8 cm³/mol. The van der Waals surface area contributed by atoms with Crippen molar-refractivity contribution in [1.29, 1.82) is 0 Å². The summed E-state index contributed by atoms with van der Waals surface area (Å²) in [6.45, 7) is 2.72. The Balaban J connectivity index is 2.51. The summed E-state index contributed by atoms with van der Waals surface area (Å²) in [7, 11) is -3.72. The lowest BCUT2D eigenvalue weighted by molar-refractivity contribution is -0.120. The van der Waals surface area contributed by atoms with Crippen LogP contribution in [0.25, 0.3) is 0 Å². The van der Waals surface area contributed by atoms with Gasteiger partial charge in [0.25, 0.3) is 15.9 Å². The van der Waals surface area contributed by atoms with Gasteiger partial charge in [0.15, 0.2) is 4.75 Å². The molecular weight excluding hydrogens is 308 g/mol. The second-order valence-corrected chi connectivity index (χ2v) is 7.80. The molecule has 5 nitrogen and oxygen atoms in total. The molecule has 1 fully saturated rings. The monoisotopic (exact) mass is 318 g/mol. The number of benzene rings is 1. The first-order valence-corrected chi connectivity index (χ1v) is 7.52. The lowest BCUT2D eigenvalue weighted by Crippen LogP contribution is -2.67. The van der Waals surface area contributed by atoms with E-state index < -0.39 is 20.7 Å². The summed E-state index contributed by atoms with van der Waals surface area (Å²) in [5.74, 6) is -0.516. The highest BCUT2D eigenvalue weighted by Gasteiger charge is 2.61. The first-order chi connectivity index (χ1) is 8.60. The van der Waals surface area contributed by atoms with Gasteiger partial charge in [0.05, 0.1) is 10.7 Å². The SMILES string of the molecule is CC1(C)C(=O)N(c2ccc(C(N)=S)cc2Cl)S1(=O)=O. The Morgan fingerprint density at radius 1 is 1.42 bits per heavy atom. The fourth-order valence-corrected chi connectivity index (χ4v) is 3.66. The van der Waals surface area contributed by atoms with Crippen molar-refractivity contribution in [2.24, 2.45) is 5.73 Å². The number of hydrogen-bond donors (Lipinski definition) is 1. The van der Waals surface area contributed by atoms with E-state index in [1.807, 2.05) is 0 Å². The van der Waals surface area contributed by atoms with Crippen molar-refractivity contribution in [3.8, 4) is 0 Å². The minimum absolute atomic E-state index is 0.109. The van der Waals surface area contributed by atoms with Crippen molar-refractivity contribution in [1.82, 2.24) is 0 Å². The van der Waals surface area contributed by atoms with Gasteiger partial charge in [-0.15, -0.1) is 0 Å². The molecule has 0 aliphatic carbocycles. The van der Waals surface area contributed by atoms with Gasteiger partial charge in [0, 0.05) is 5.56 Å². The summed E-state index contributed by atoms with van der Waals surface area (Å²) in [4.78, 5) is 12.1. The fourth-order valence-electron chi connectivity index (χ4n) is 1.72. The number of carbonyl (C=O) groups excluding carboxylic acids is 1. The quantitative estimate of drug-likeness (QED) is 0.834. The Bertz CT molecular complexity index is 698. The van der Waals surface area contributed by atoms with Gasteiger partial charge in [0.1, 0.15) is 4.99 Å². The summed E-state index contributed by atoms with van der Waals surface area (Å²) >= 11 is 10.8. The summed E-state index contributed by atoms with van der Waals surface area (Å²) in [5.41, 5.74) is 6.08. The number of thiocarbonyl (C=S) groups is 1. The fraction of sp³-hybridized carbons (Fsp3) is 0.273. The van der Waals surface area contributed by atoms with Gasteiger partial charge < -0.3 is 5.73 Å². The van der Waals surface area contributed by atoms with E-state index in [-0.39, 0.29) is 15.7 Å². The van der Waals surface area contributed by atoms with Crippen molar-refractivity contribution >= 4 is 50.4 Å². The molecule has 2 N–H and O–H groups in total. The standard InChI is InChI=1S/C11H11ClN2O3S2/c1-11(2)10(15)14(19(11,16)17)8-4-3-6(9(13)18)5-7(8)12/h3-5H,1-2H3,(H2,13,18). The largest absolute Gasteiger partial charge is 0.389 e. The zero-order chi connectivity index (χ0) is 14.6. The maximum Gasteiger partial charge on any atom is 0.263 e. The molecule has 1 aliphatic heterocycles. The number of anilines is 1. The number of nitrogens with zero attached hydrogens (tertiary/aromatic N) is 1. The molecule has 1 aromatic carbocycles. The molecule has 0 radical (unpaired) electrons. The van der Waals surface area contributed by atoms with Crippen LogP contribution in [0.3, 0.4) is 0 Å². The van der Waals surface area contributed by atoms with Crippen LogP contribution in [0.5, 0.6) is 0 Å². The van der Waals surface area contributed by atoms with E-state index in [1.54, 1.807) is 0 Å². The third-order valence-electron chi connectivity index (χ3n) is 3.04. The molecule has 0 saturated carbocycles. The summed E-state index contributed by atoms with van der Waals surface area (Å²) in [6.07, 6.45) is 0. The van der Waals surface area contributed by atoms with Crippen LogP contribution >= 0.6 is 23.8 Å². The van der Waals surface area contributed by atoms with Crippen molar-refractivity contribution < 1.29 is 13.2 Å². The number of rotatable bonds is 2. The predicted octanol–water partition coefficient (Wildman–Crippen LogP) is 1.43. The Morgan fingerprint density at radius 2 is 2.00 bits per heavy atom. The summed E-state index contributed by atoms with van der Waals surface area (Å²) < 4.78 is 23.4. The highest BCUT2D eigenvalue weighted by molar-refractivity contribution is 7.98. The van der Waals surface area contributed by atoms with Gasteiger partial charge in [-0.1, -0.05) is 23.8 Å². The van der Waals surface area contributed by atoms with Crippen molar-refractivity contribution in [3.63, 3.8) is 0 Å². The lowest BCUT2D eigenvalue weighted by Gasteiger charge is -2.43. The van der Waals surface area contributed by atoms with E-state index in [2.05, 4.69) is 0 Å². The molecule has 0 atom stereocenters. The zero-order valence-corrected chi connectivity index (χ0v) is 12.6. The number of hydrogen-bond acceptors (Lipinski definition) is 4. The molecular formula is C11H11ClN2O3S2. The van der Waals surface area contributed by atoms with E-state index in [1.165, 1.54) is 32.0 Å². The van der Waals surface area contributed by atoms with Gasteiger partial charge in [-0.2, -0.15) is 0 Å². The van der Waals surface area contributed by atoms with Crippen LogP contribution < -0.4 is 10.0 Å². The van der Waals surface area contributed by atoms with Gasteiger partial charge >= 0.3 is 0 Å². The second-order valence-electron chi connectivity index (χ2n) is 4.62. The molecule has 1 amide bonds. The van der Waals surface area contributed by atoms with E-state index in [9.17, 15) is 13.2 Å². The van der Waals surface area contributed by atoms with Crippen molar-refractivity contribution in [2.75, 3.05) is 4.31 Å². The molecule has 1 aliphatic rings. The Kier molecular flexibility index (Phi) is 3.11. The molecule has 1 heterocycles. The highest BCUT2D eigenvalue weighted by atomic mass is 35.5. The Labute approximate surface area is 121 Å². The second kappa shape index (κ2) is 4.16. The number of carbonyl (C=O) groups is 1. The maximum absolute atomic E-state index is 12.0. The molecule has 1 saturated heterocycles. The van der Waals surface area contributed by atoms with Gasteiger partial charge in [-0.3, -0.25) is 4.79 Å². The van der Waals surface area contributed by atoms with Crippen molar-refractivity contribution in [3.05, 3.63) is 28.8 Å². The smallest absolute Gasteiger partial charge is 0.263 e. The van der Waals surface area contributed by atoms with Crippen LogP contribution in [0.4, 0.5) is 5.69 Å². The average molecular weight is 319 g/mol. The lowest BCUT2D eigenvalue weighted by atomic mass is 10.1. The van der Waals surface area contributed by atoms with Crippen LogP contribution in [0.15, 0.2) is 18.2 Å². The van der Waals surface area contributed by atoms with Crippen LogP contribution in [-0.4, -0.2) is 24.1 Å². The minimum Gasteiger partial charge on any atom is -0.389 e. The number of halogens is 1. The van der Waals surface area contributed by atoms with Crippen LogP contribution in [0.1, 0.15) is 19.4 Å². The molecule has 2 rings (SSSR count). The van der Waals surface area contributed by atoms with Gasteiger partial charge in [0.2, 0.25) is 0 Å². The maximum atomic E-state index is 12.0. The van der Waals surface area contributed by atoms with Crippen molar-refractivity contribution in [2.45, 2.75) is 18.6 Å². The molecule has 0 bridgehead atoms. The van der Waals surface area contributed by atoms with Crippen LogP contribution in [0, 0.1) is 0 Å². The number of nitrogens with two attached hydrogens (primary N) is 1. The first-order valence-electron chi connectivity index (χ1n) is 5.29. The topological polar surface area (TPSA) is 80.5 Å². The molecule has 102 valence electrons. The van der Waals surface area contributed by atoms with Gasteiger partial charge in [-0.25, -0.2) is 12.7 Å². The molecule has 1 aromatic rings. The van der Waals surface area contributed by atoms with E-state index >= 15 is 0 Å². The third-order valence-corrected chi connectivity index (χ3v) is 5.88. The normalized spacial score (nSPS) is 19.9. The Morgan fingerprint density at radius 3 is 2.42 bits per heavy atom. The Hall–Kier alpha value is -1.18. The highest BCUT2D eigenvalue weighted by Crippen LogP contribution is 2.42. The molecule has 19 heavy (non-hydrogen) atoms. The number of sulfonamides is 1. The summed E-state index contributed by atoms with van der Waals surface area (Å²) in [6, 6.07) is 4.38. The van der Waals surface area contributed by atoms with Crippen LogP contribution in [0.2, 0.25) is 5.02 Å². The minimum atomic E-state index is -3.72. The average Bonchev–Trinajstić information content (AvgIpc) is 2.30. The first kappa shape index (κ1) is 14.2. The molecule has 0 unspecified atom stereocenters.